The second-order valence-corrected chi connectivity index (χ2v) is 6.22. The van der Waals surface area contributed by atoms with E-state index < -0.39 is 0 Å². The van der Waals surface area contributed by atoms with Gasteiger partial charge in [0.2, 0.25) is 0 Å². The van der Waals surface area contributed by atoms with Crippen LogP contribution in [-0.4, -0.2) is 28.1 Å². The number of anilines is 1. The van der Waals surface area contributed by atoms with E-state index in [-0.39, 0.29) is 12.0 Å². The molecule has 0 bridgehead atoms. The van der Waals surface area contributed by atoms with Crippen LogP contribution in [0.2, 0.25) is 0 Å². The Hall–Kier alpha value is -2.73. The van der Waals surface area contributed by atoms with Gasteiger partial charge in [-0.25, -0.2) is 9.07 Å². The molecule has 5 nitrogen and oxygen atoms in total. The van der Waals surface area contributed by atoms with Crippen LogP contribution in [0, 0.1) is 12.7 Å². The van der Waals surface area contributed by atoms with E-state index in [0.29, 0.717) is 13.2 Å². The van der Waals surface area contributed by atoms with Crippen LogP contribution >= 0.6 is 0 Å². The molecule has 0 N–H and O–H groups in total. The van der Waals surface area contributed by atoms with Crippen LogP contribution < -0.4 is 4.90 Å². The number of rotatable bonds is 4. The summed E-state index contributed by atoms with van der Waals surface area (Å²) in [5.41, 5.74) is 4.07. The molecular formula is C19H19FN4O. The first-order chi connectivity index (χ1) is 12.2. The topological polar surface area (TPSA) is 43.2 Å². The Labute approximate surface area is 145 Å². The van der Waals surface area contributed by atoms with Gasteiger partial charge in [-0.15, -0.1) is 5.10 Å². The van der Waals surface area contributed by atoms with Crippen molar-refractivity contribution in [2.75, 3.05) is 18.1 Å². The maximum Gasteiger partial charge on any atom is 0.177 e. The maximum atomic E-state index is 13.2. The molecule has 1 aromatic heterocycles. The molecule has 2 heterocycles. The first-order valence-corrected chi connectivity index (χ1v) is 8.28. The Bertz CT molecular complexity index is 862. The van der Waals surface area contributed by atoms with Gasteiger partial charge in [0.25, 0.3) is 0 Å². The number of aromatic nitrogens is 3. The van der Waals surface area contributed by atoms with Gasteiger partial charge in [-0.3, -0.25) is 0 Å². The van der Waals surface area contributed by atoms with Crippen molar-refractivity contribution in [2.45, 2.75) is 19.7 Å². The fourth-order valence-electron chi connectivity index (χ4n) is 3.11. The highest BCUT2D eigenvalue weighted by Crippen LogP contribution is 2.31. The molecule has 4 rings (SSSR count). The van der Waals surface area contributed by atoms with Crippen molar-refractivity contribution in [3.8, 4) is 0 Å². The Balaban J connectivity index is 1.53. The summed E-state index contributed by atoms with van der Waals surface area (Å²) >= 11 is 0. The summed E-state index contributed by atoms with van der Waals surface area (Å²) in [7, 11) is 0. The van der Waals surface area contributed by atoms with Crippen molar-refractivity contribution in [3.63, 3.8) is 0 Å². The van der Waals surface area contributed by atoms with Crippen molar-refractivity contribution in [3.05, 3.63) is 77.4 Å². The molecule has 0 spiro atoms. The van der Waals surface area contributed by atoms with Gasteiger partial charge in [-0.05, 0) is 36.8 Å². The van der Waals surface area contributed by atoms with E-state index in [1.807, 2.05) is 16.9 Å². The van der Waals surface area contributed by atoms with Crippen molar-refractivity contribution >= 4 is 5.69 Å². The minimum Gasteiger partial charge on any atom is -0.350 e. The molecule has 3 aromatic rings. The van der Waals surface area contributed by atoms with Crippen LogP contribution in [0.25, 0.3) is 0 Å². The van der Waals surface area contributed by atoms with Crippen molar-refractivity contribution < 1.29 is 9.13 Å². The molecule has 1 aliphatic heterocycles. The van der Waals surface area contributed by atoms with Gasteiger partial charge < -0.3 is 9.64 Å². The van der Waals surface area contributed by atoms with Crippen molar-refractivity contribution in [2.24, 2.45) is 0 Å². The standard InChI is InChI=1S/C19H19FN4O/c1-14-3-2-4-15(11-14)12-23-13-18(21-22-23)19-24(9-10-25-19)17-7-5-16(20)6-8-17/h2-8,11,13,19H,9-10,12H2,1H3/t19-/m1/s1. The van der Waals surface area contributed by atoms with E-state index in [1.54, 1.807) is 12.1 Å². The molecule has 1 saturated heterocycles. The third-order valence-corrected chi connectivity index (χ3v) is 4.29. The fourth-order valence-corrected chi connectivity index (χ4v) is 3.11. The lowest BCUT2D eigenvalue weighted by molar-refractivity contribution is 0.110. The first kappa shape index (κ1) is 15.8. The average molecular weight is 338 g/mol. The molecule has 1 aliphatic rings. The van der Waals surface area contributed by atoms with Crippen molar-refractivity contribution in [1.82, 2.24) is 15.0 Å². The number of aryl methyl sites for hydroxylation is 1. The lowest BCUT2D eigenvalue weighted by atomic mass is 10.1. The van der Waals surface area contributed by atoms with Crippen LogP contribution in [0.4, 0.5) is 10.1 Å². The number of hydrogen-bond donors (Lipinski definition) is 0. The van der Waals surface area contributed by atoms with Crippen LogP contribution in [0.3, 0.4) is 0 Å². The van der Waals surface area contributed by atoms with Gasteiger partial charge in [0.1, 0.15) is 11.5 Å². The number of halogens is 1. The average Bonchev–Trinajstić information content (AvgIpc) is 3.24. The lowest BCUT2D eigenvalue weighted by Gasteiger charge is -2.23. The molecule has 128 valence electrons. The summed E-state index contributed by atoms with van der Waals surface area (Å²) in [6, 6.07) is 14.8. The minimum atomic E-state index is -0.295. The predicted octanol–water partition coefficient (Wildman–Crippen LogP) is 3.31. The Morgan fingerprint density at radius 2 is 2.04 bits per heavy atom. The van der Waals surface area contributed by atoms with Gasteiger partial charge in [0.15, 0.2) is 6.23 Å². The van der Waals surface area contributed by atoms with E-state index in [0.717, 1.165) is 17.9 Å². The first-order valence-electron chi connectivity index (χ1n) is 8.28. The Kier molecular flexibility index (Phi) is 4.19. The molecule has 0 aliphatic carbocycles. The molecule has 0 amide bonds. The van der Waals surface area contributed by atoms with E-state index in [9.17, 15) is 4.39 Å². The third kappa shape index (κ3) is 3.39. The highest BCUT2D eigenvalue weighted by atomic mass is 19.1. The quantitative estimate of drug-likeness (QED) is 0.732. The number of hydrogen-bond acceptors (Lipinski definition) is 4. The largest absolute Gasteiger partial charge is 0.350 e. The molecule has 1 atom stereocenters. The smallest absolute Gasteiger partial charge is 0.177 e. The molecule has 2 aromatic carbocycles. The molecule has 0 unspecified atom stereocenters. The normalized spacial score (nSPS) is 17.2. The molecule has 6 heteroatoms. The van der Waals surface area contributed by atoms with Gasteiger partial charge in [-0.1, -0.05) is 35.0 Å². The van der Waals surface area contributed by atoms with E-state index in [4.69, 9.17) is 4.74 Å². The van der Waals surface area contributed by atoms with Crippen LogP contribution in [0.1, 0.15) is 23.0 Å². The van der Waals surface area contributed by atoms with Gasteiger partial charge in [-0.2, -0.15) is 0 Å². The Morgan fingerprint density at radius 3 is 2.84 bits per heavy atom. The summed E-state index contributed by atoms with van der Waals surface area (Å²) in [6.45, 7) is 4.08. The van der Waals surface area contributed by atoms with E-state index in [1.165, 1.54) is 23.3 Å². The number of ether oxygens (including phenoxy) is 1. The molecular weight excluding hydrogens is 319 g/mol. The molecule has 0 saturated carbocycles. The summed E-state index contributed by atoms with van der Waals surface area (Å²) in [4.78, 5) is 2.07. The monoisotopic (exact) mass is 338 g/mol. The van der Waals surface area contributed by atoms with Crippen LogP contribution in [-0.2, 0) is 11.3 Å². The van der Waals surface area contributed by atoms with E-state index >= 15 is 0 Å². The van der Waals surface area contributed by atoms with Gasteiger partial charge in [0, 0.05) is 12.2 Å². The highest BCUT2D eigenvalue weighted by molar-refractivity contribution is 5.48. The zero-order valence-electron chi connectivity index (χ0n) is 14.0. The second kappa shape index (κ2) is 6.64. The fraction of sp³-hybridized carbons (Fsp3) is 0.263. The predicted molar refractivity (Wildman–Crippen MR) is 92.7 cm³/mol. The summed E-state index contributed by atoms with van der Waals surface area (Å²) in [5, 5.41) is 8.51. The van der Waals surface area contributed by atoms with E-state index in [2.05, 4.69) is 40.3 Å². The van der Waals surface area contributed by atoms with Gasteiger partial charge >= 0.3 is 0 Å². The summed E-state index contributed by atoms with van der Waals surface area (Å²) in [5.74, 6) is -0.246. The third-order valence-electron chi connectivity index (χ3n) is 4.29. The molecule has 0 radical (unpaired) electrons. The summed E-state index contributed by atoms with van der Waals surface area (Å²) < 4.78 is 20.8. The highest BCUT2D eigenvalue weighted by Gasteiger charge is 2.29. The van der Waals surface area contributed by atoms with Crippen LogP contribution in [0.5, 0.6) is 0 Å². The minimum absolute atomic E-state index is 0.246. The zero-order valence-corrected chi connectivity index (χ0v) is 14.0. The SMILES string of the molecule is Cc1cccc(Cn2cc([C@H]3OCCN3c3ccc(F)cc3)nn2)c1. The summed E-state index contributed by atoms with van der Waals surface area (Å²) in [6.07, 6.45) is 1.62. The lowest BCUT2D eigenvalue weighted by Crippen LogP contribution is -2.23. The Morgan fingerprint density at radius 1 is 1.20 bits per heavy atom. The van der Waals surface area contributed by atoms with Crippen molar-refractivity contribution in [1.29, 1.82) is 0 Å². The van der Waals surface area contributed by atoms with Gasteiger partial charge in [0.05, 0.1) is 19.3 Å². The second-order valence-electron chi connectivity index (χ2n) is 6.22. The molecule has 1 fully saturated rings. The number of nitrogens with zero attached hydrogens (tertiary/aromatic N) is 4. The number of benzene rings is 2. The maximum absolute atomic E-state index is 13.2. The van der Waals surface area contributed by atoms with Crippen LogP contribution in [0.15, 0.2) is 54.7 Å². The molecule has 25 heavy (non-hydrogen) atoms. The zero-order chi connectivity index (χ0) is 17.2.